The van der Waals surface area contributed by atoms with Crippen molar-refractivity contribution in [1.82, 2.24) is 4.98 Å². The SMILES string of the molecule is CC[C@@H]1C(=O)Nc2ccc(Cl)nc2N1C1CCCC1. The first-order valence-corrected chi connectivity index (χ1v) is 7.34. The van der Waals surface area contributed by atoms with Gasteiger partial charge in [-0.15, -0.1) is 0 Å². The summed E-state index contributed by atoms with van der Waals surface area (Å²) in [5.74, 6) is 0.914. The second-order valence-electron chi connectivity index (χ2n) is 5.26. The number of anilines is 2. The lowest BCUT2D eigenvalue weighted by atomic mass is 10.0. The van der Waals surface area contributed by atoms with Crippen molar-refractivity contribution in [3.63, 3.8) is 0 Å². The number of rotatable bonds is 2. The Morgan fingerprint density at radius 3 is 2.84 bits per heavy atom. The summed E-state index contributed by atoms with van der Waals surface area (Å²) in [4.78, 5) is 18.9. The Morgan fingerprint density at radius 2 is 2.16 bits per heavy atom. The summed E-state index contributed by atoms with van der Waals surface area (Å²) >= 11 is 6.03. The quantitative estimate of drug-likeness (QED) is 0.846. The Hall–Kier alpha value is -1.29. The highest BCUT2D eigenvalue weighted by molar-refractivity contribution is 6.29. The molecule has 1 atom stereocenters. The van der Waals surface area contributed by atoms with Crippen molar-refractivity contribution in [3.8, 4) is 0 Å². The first-order valence-electron chi connectivity index (χ1n) is 6.96. The van der Waals surface area contributed by atoms with Gasteiger partial charge in [0.1, 0.15) is 11.2 Å². The predicted molar refractivity (Wildman–Crippen MR) is 76.7 cm³/mol. The van der Waals surface area contributed by atoms with Gasteiger partial charge in [-0.05, 0) is 31.4 Å². The molecule has 0 radical (unpaired) electrons. The third-order valence-corrected chi connectivity index (χ3v) is 4.30. The Balaban J connectivity index is 2.05. The maximum atomic E-state index is 12.2. The summed E-state index contributed by atoms with van der Waals surface area (Å²) < 4.78 is 0. The van der Waals surface area contributed by atoms with Crippen LogP contribution in [0.1, 0.15) is 39.0 Å². The third-order valence-electron chi connectivity index (χ3n) is 4.09. The molecule has 1 aliphatic heterocycles. The second-order valence-corrected chi connectivity index (χ2v) is 5.65. The Labute approximate surface area is 118 Å². The van der Waals surface area contributed by atoms with Gasteiger partial charge < -0.3 is 10.2 Å². The smallest absolute Gasteiger partial charge is 0.247 e. The highest BCUT2D eigenvalue weighted by Gasteiger charge is 2.38. The van der Waals surface area contributed by atoms with Crippen LogP contribution in [0.5, 0.6) is 0 Å². The zero-order valence-electron chi connectivity index (χ0n) is 11.0. The van der Waals surface area contributed by atoms with Crippen molar-refractivity contribution >= 4 is 29.0 Å². The molecule has 1 aromatic heterocycles. The van der Waals surface area contributed by atoms with E-state index in [2.05, 4.69) is 15.2 Å². The molecule has 0 unspecified atom stereocenters. The van der Waals surface area contributed by atoms with Gasteiger partial charge in [0.25, 0.3) is 0 Å². The number of nitrogens with zero attached hydrogens (tertiary/aromatic N) is 2. The van der Waals surface area contributed by atoms with Crippen LogP contribution in [0.25, 0.3) is 0 Å². The van der Waals surface area contributed by atoms with E-state index in [1.54, 1.807) is 6.07 Å². The van der Waals surface area contributed by atoms with Crippen LogP contribution in [-0.2, 0) is 4.79 Å². The van der Waals surface area contributed by atoms with Crippen LogP contribution in [0.4, 0.5) is 11.5 Å². The van der Waals surface area contributed by atoms with E-state index in [0.717, 1.165) is 30.8 Å². The predicted octanol–water partition coefficient (Wildman–Crippen LogP) is 3.21. The zero-order chi connectivity index (χ0) is 13.4. The molecule has 1 aromatic rings. The minimum absolute atomic E-state index is 0.0750. The van der Waals surface area contributed by atoms with Crippen LogP contribution in [0.3, 0.4) is 0 Å². The molecule has 1 N–H and O–H groups in total. The molecular weight excluding hydrogens is 262 g/mol. The van der Waals surface area contributed by atoms with Crippen LogP contribution < -0.4 is 10.2 Å². The van der Waals surface area contributed by atoms with E-state index in [-0.39, 0.29) is 11.9 Å². The Bertz CT molecular complexity index is 499. The minimum Gasteiger partial charge on any atom is -0.340 e. The number of fused-ring (bicyclic) bond motifs is 1. The normalized spacial score (nSPS) is 23.4. The molecule has 3 rings (SSSR count). The molecule has 1 aliphatic carbocycles. The van der Waals surface area contributed by atoms with E-state index in [1.165, 1.54) is 12.8 Å². The van der Waals surface area contributed by atoms with Crippen molar-refractivity contribution in [2.45, 2.75) is 51.1 Å². The monoisotopic (exact) mass is 279 g/mol. The molecule has 0 spiro atoms. The van der Waals surface area contributed by atoms with Crippen molar-refractivity contribution < 1.29 is 4.79 Å². The maximum Gasteiger partial charge on any atom is 0.247 e. The molecule has 2 aliphatic rings. The van der Waals surface area contributed by atoms with Crippen molar-refractivity contribution in [2.24, 2.45) is 0 Å². The second kappa shape index (κ2) is 5.00. The standard InChI is InChI=1S/C14H18ClN3O/c1-2-11-14(19)16-10-7-8-12(15)17-13(10)18(11)9-5-3-4-6-9/h7-9,11H,2-6H2,1H3,(H,16,19)/t11-/m1/s1. The molecule has 102 valence electrons. The van der Waals surface area contributed by atoms with E-state index in [0.29, 0.717) is 11.2 Å². The minimum atomic E-state index is -0.124. The first-order chi connectivity index (χ1) is 9.20. The van der Waals surface area contributed by atoms with E-state index in [4.69, 9.17) is 11.6 Å². The topological polar surface area (TPSA) is 45.2 Å². The van der Waals surface area contributed by atoms with Gasteiger partial charge in [-0.2, -0.15) is 0 Å². The summed E-state index contributed by atoms with van der Waals surface area (Å²) in [5, 5.41) is 3.42. The molecule has 19 heavy (non-hydrogen) atoms. The third kappa shape index (κ3) is 2.18. The molecule has 0 bridgehead atoms. The largest absolute Gasteiger partial charge is 0.340 e. The summed E-state index contributed by atoms with van der Waals surface area (Å²) in [6.07, 6.45) is 5.52. The fourth-order valence-corrected chi connectivity index (χ4v) is 3.34. The zero-order valence-corrected chi connectivity index (χ0v) is 11.8. The first kappa shape index (κ1) is 12.7. The van der Waals surface area contributed by atoms with E-state index in [1.807, 2.05) is 13.0 Å². The molecule has 0 aromatic carbocycles. The van der Waals surface area contributed by atoms with Crippen molar-refractivity contribution in [1.29, 1.82) is 0 Å². The number of carbonyl (C=O) groups excluding carboxylic acids is 1. The molecule has 0 saturated heterocycles. The van der Waals surface area contributed by atoms with Crippen LogP contribution in [0.2, 0.25) is 5.15 Å². The van der Waals surface area contributed by atoms with Gasteiger partial charge in [0.05, 0.1) is 5.69 Å². The Morgan fingerprint density at radius 1 is 1.42 bits per heavy atom. The fraction of sp³-hybridized carbons (Fsp3) is 0.571. The number of hydrogen-bond acceptors (Lipinski definition) is 3. The van der Waals surface area contributed by atoms with Crippen LogP contribution in [0, 0.1) is 0 Å². The van der Waals surface area contributed by atoms with Gasteiger partial charge in [0.2, 0.25) is 5.91 Å². The van der Waals surface area contributed by atoms with Gasteiger partial charge >= 0.3 is 0 Å². The summed E-state index contributed by atoms with van der Waals surface area (Å²) in [5.41, 5.74) is 0.783. The van der Waals surface area contributed by atoms with Crippen LogP contribution in [-0.4, -0.2) is 23.0 Å². The number of carbonyl (C=O) groups is 1. The molecule has 4 nitrogen and oxygen atoms in total. The lowest BCUT2D eigenvalue weighted by Crippen LogP contribution is -2.52. The molecule has 5 heteroatoms. The molecule has 1 amide bonds. The van der Waals surface area contributed by atoms with Gasteiger partial charge in [-0.1, -0.05) is 31.4 Å². The number of amides is 1. The fourth-order valence-electron chi connectivity index (χ4n) is 3.20. The van der Waals surface area contributed by atoms with Crippen molar-refractivity contribution in [2.75, 3.05) is 10.2 Å². The van der Waals surface area contributed by atoms with E-state index >= 15 is 0 Å². The number of nitrogens with one attached hydrogen (secondary N) is 1. The van der Waals surface area contributed by atoms with Gasteiger partial charge in [-0.3, -0.25) is 4.79 Å². The van der Waals surface area contributed by atoms with Gasteiger partial charge in [0.15, 0.2) is 5.82 Å². The van der Waals surface area contributed by atoms with E-state index in [9.17, 15) is 4.79 Å². The molecule has 1 fully saturated rings. The maximum absolute atomic E-state index is 12.2. The van der Waals surface area contributed by atoms with Gasteiger partial charge in [-0.25, -0.2) is 4.98 Å². The van der Waals surface area contributed by atoms with Crippen molar-refractivity contribution in [3.05, 3.63) is 17.3 Å². The highest BCUT2D eigenvalue weighted by Crippen LogP contribution is 2.37. The summed E-state index contributed by atoms with van der Waals surface area (Å²) in [7, 11) is 0. The average molecular weight is 280 g/mol. The summed E-state index contributed by atoms with van der Waals surface area (Å²) in [6, 6.07) is 3.86. The van der Waals surface area contributed by atoms with Crippen LogP contribution >= 0.6 is 11.6 Å². The number of halogens is 1. The number of hydrogen-bond donors (Lipinski definition) is 1. The summed E-state index contributed by atoms with van der Waals surface area (Å²) in [6.45, 7) is 2.04. The van der Waals surface area contributed by atoms with Gasteiger partial charge in [0, 0.05) is 6.04 Å². The Kier molecular flexibility index (Phi) is 3.35. The molecule has 1 saturated carbocycles. The average Bonchev–Trinajstić information content (AvgIpc) is 2.91. The lowest BCUT2D eigenvalue weighted by molar-refractivity contribution is -0.117. The number of pyridine rings is 1. The number of aromatic nitrogens is 1. The lowest BCUT2D eigenvalue weighted by Gasteiger charge is -2.40. The van der Waals surface area contributed by atoms with Crippen LogP contribution in [0.15, 0.2) is 12.1 Å². The molecular formula is C14H18ClN3O. The molecule has 2 heterocycles. The highest BCUT2D eigenvalue weighted by atomic mass is 35.5. The van der Waals surface area contributed by atoms with E-state index < -0.39 is 0 Å².